The van der Waals surface area contributed by atoms with E-state index in [0.717, 1.165) is 48.4 Å². The molecule has 1 fully saturated rings. The van der Waals surface area contributed by atoms with Gasteiger partial charge in [0.15, 0.2) is 0 Å². The smallest absolute Gasteiger partial charge is 0.253 e. The largest absolute Gasteiger partial charge is 0.338 e. The maximum absolute atomic E-state index is 12.8. The number of hydrogen-bond acceptors (Lipinski definition) is 3. The number of carbonyl (C=O) groups is 1. The van der Waals surface area contributed by atoms with Crippen molar-refractivity contribution < 1.29 is 4.79 Å². The van der Waals surface area contributed by atoms with Gasteiger partial charge < -0.3 is 9.47 Å². The molecule has 1 amide bonds. The number of fused-ring (bicyclic) bond motifs is 1. The van der Waals surface area contributed by atoms with Gasteiger partial charge in [-0.15, -0.1) is 0 Å². The minimum atomic E-state index is 0.116. The first-order valence-corrected chi connectivity index (χ1v) is 8.82. The van der Waals surface area contributed by atoms with Crippen LogP contribution in [0.25, 0.3) is 11.0 Å². The average Bonchev–Trinajstić information content (AvgIpc) is 3.27. The van der Waals surface area contributed by atoms with Gasteiger partial charge in [-0.3, -0.25) is 9.78 Å². The van der Waals surface area contributed by atoms with Gasteiger partial charge in [-0.2, -0.15) is 0 Å². The number of likely N-dealkylation sites (tertiary alicyclic amines) is 1. The number of rotatable bonds is 3. The number of aromatic nitrogens is 3. The number of imidazole rings is 1. The van der Waals surface area contributed by atoms with Crippen LogP contribution in [0, 0.1) is 0 Å². The molecule has 0 bridgehead atoms. The molecular formula is C20H22N4O. The van der Waals surface area contributed by atoms with Gasteiger partial charge in [0.1, 0.15) is 5.82 Å². The third-order valence-electron chi connectivity index (χ3n) is 5.17. The Hall–Kier alpha value is -2.69. The SMILES string of the molecule is CCc1ccc(C(=O)N2CC[C@@H](c3nc4ccncc4n3C)C2)cc1. The first kappa shape index (κ1) is 15.8. The second-order valence-electron chi connectivity index (χ2n) is 6.68. The lowest BCUT2D eigenvalue weighted by Crippen LogP contribution is -2.28. The van der Waals surface area contributed by atoms with E-state index in [2.05, 4.69) is 16.5 Å². The highest BCUT2D eigenvalue weighted by molar-refractivity contribution is 5.94. The van der Waals surface area contributed by atoms with Crippen molar-refractivity contribution in [3.63, 3.8) is 0 Å². The summed E-state index contributed by atoms with van der Waals surface area (Å²) in [6, 6.07) is 9.90. The zero-order valence-corrected chi connectivity index (χ0v) is 14.6. The van der Waals surface area contributed by atoms with E-state index >= 15 is 0 Å². The quantitative estimate of drug-likeness (QED) is 0.739. The first-order valence-electron chi connectivity index (χ1n) is 8.82. The molecule has 0 radical (unpaired) electrons. The maximum atomic E-state index is 12.8. The van der Waals surface area contributed by atoms with Crippen molar-refractivity contribution in [1.29, 1.82) is 0 Å². The molecule has 1 aliphatic rings. The predicted molar refractivity (Wildman–Crippen MR) is 97.6 cm³/mol. The number of pyridine rings is 1. The molecule has 5 heteroatoms. The average molecular weight is 334 g/mol. The second-order valence-corrected chi connectivity index (χ2v) is 6.68. The van der Waals surface area contributed by atoms with Gasteiger partial charge in [-0.1, -0.05) is 19.1 Å². The Bertz CT molecular complexity index is 913. The van der Waals surface area contributed by atoms with E-state index in [0.29, 0.717) is 0 Å². The Morgan fingerprint density at radius 3 is 2.76 bits per heavy atom. The molecule has 1 aromatic carbocycles. The van der Waals surface area contributed by atoms with Crippen molar-refractivity contribution in [3.05, 3.63) is 59.7 Å². The molecular weight excluding hydrogens is 312 g/mol. The van der Waals surface area contributed by atoms with Gasteiger partial charge in [0.05, 0.1) is 17.2 Å². The highest BCUT2D eigenvalue weighted by Gasteiger charge is 2.30. The summed E-state index contributed by atoms with van der Waals surface area (Å²) in [7, 11) is 2.03. The van der Waals surface area contributed by atoms with Crippen LogP contribution < -0.4 is 0 Å². The molecule has 25 heavy (non-hydrogen) atoms. The van der Waals surface area contributed by atoms with E-state index in [9.17, 15) is 4.79 Å². The van der Waals surface area contributed by atoms with Gasteiger partial charge in [0.25, 0.3) is 5.91 Å². The minimum Gasteiger partial charge on any atom is -0.338 e. The molecule has 128 valence electrons. The van der Waals surface area contributed by atoms with Crippen LogP contribution in [0.2, 0.25) is 0 Å². The lowest BCUT2D eigenvalue weighted by Gasteiger charge is -2.17. The van der Waals surface area contributed by atoms with E-state index in [1.54, 1.807) is 6.20 Å². The summed E-state index contributed by atoms with van der Waals surface area (Å²) in [5.74, 6) is 1.43. The highest BCUT2D eigenvalue weighted by Crippen LogP contribution is 2.29. The van der Waals surface area contributed by atoms with E-state index in [1.165, 1.54) is 5.56 Å². The van der Waals surface area contributed by atoms with Crippen molar-refractivity contribution in [2.75, 3.05) is 13.1 Å². The van der Waals surface area contributed by atoms with Crippen molar-refractivity contribution >= 4 is 16.9 Å². The zero-order chi connectivity index (χ0) is 17.4. The first-order chi connectivity index (χ1) is 12.2. The number of aryl methyl sites for hydroxylation is 2. The Labute approximate surface area is 147 Å². The van der Waals surface area contributed by atoms with Crippen LogP contribution in [0.4, 0.5) is 0 Å². The van der Waals surface area contributed by atoms with Crippen LogP contribution >= 0.6 is 0 Å². The molecule has 0 saturated carbocycles. The number of carbonyl (C=O) groups excluding carboxylic acids is 1. The van der Waals surface area contributed by atoms with Crippen molar-refractivity contribution in [3.8, 4) is 0 Å². The topological polar surface area (TPSA) is 51.0 Å². The molecule has 1 atom stereocenters. The third kappa shape index (κ3) is 2.80. The van der Waals surface area contributed by atoms with Crippen LogP contribution in [0.5, 0.6) is 0 Å². The molecule has 3 heterocycles. The van der Waals surface area contributed by atoms with Gasteiger partial charge in [0, 0.05) is 37.8 Å². The Morgan fingerprint density at radius 2 is 2.04 bits per heavy atom. The number of benzene rings is 1. The predicted octanol–water partition coefficient (Wildman–Crippen LogP) is 3.16. The van der Waals surface area contributed by atoms with Crippen LogP contribution in [-0.2, 0) is 13.5 Å². The second kappa shape index (κ2) is 6.31. The van der Waals surface area contributed by atoms with E-state index in [-0.39, 0.29) is 11.8 Å². The molecule has 5 nitrogen and oxygen atoms in total. The van der Waals surface area contributed by atoms with E-state index < -0.39 is 0 Å². The summed E-state index contributed by atoms with van der Waals surface area (Å²) < 4.78 is 2.11. The van der Waals surface area contributed by atoms with Crippen molar-refractivity contribution in [1.82, 2.24) is 19.4 Å². The lowest BCUT2D eigenvalue weighted by molar-refractivity contribution is 0.0790. The standard InChI is InChI=1S/C20H22N4O/c1-3-14-4-6-15(7-5-14)20(25)24-11-9-16(13-24)19-22-17-8-10-21-12-18(17)23(19)2/h4-8,10,12,16H,3,9,11,13H2,1-2H3/t16-/m1/s1. The summed E-state index contributed by atoms with van der Waals surface area (Å²) in [6.07, 6.45) is 5.55. The summed E-state index contributed by atoms with van der Waals surface area (Å²) in [6.45, 7) is 3.62. The van der Waals surface area contributed by atoms with Crippen LogP contribution in [0.1, 0.15) is 41.0 Å². The third-order valence-corrected chi connectivity index (χ3v) is 5.17. The van der Waals surface area contributed by atoms with Gasteiger partial charge in [0.2, 0.25) is 0 Å². The van der Waals surface area contributed by atoms with Gasteiger partial charge in [-0.05, 0) is 36.6 Å². The van der Waals surface area contributed by atoms with Crippen molar-refractivity contribution in [2.24, 2.45) is 7.05 Å². The summed E-state index contributed by atoms with van der Waals surface area (Å²) in [5, 5.41) is 0. The number of hydrogen-bond donors (Lipinski definition) is 0. The molecule has 0 N–H and O–H groups in total. The minimum absolute atomic E-state index is 0.116. The Morgan fingerprint density at radius 1 is 1.24 bits per heavy atom. The molecule has 0 spiro atoms. The van der Waals surface area contributed by atoms with Crippen LogP contribution in [0.15, 0.2) is 42.7 Å². The maximum Gasteiger partial charge on any atom is 0.253 e. The summed E-state index contributed by atoms with van der Waals surface area (Å²) >= 11 is 0. The highest BCUT2D eigenvalue weighted by atomic mass is 16.2. The molecule has 3 aromatic rings. The molecule has 0 unspecified atom stereocenters. The van der Waals surface area contributed by atoms with Crippen molar-refractivity contribution in [2.45, 2.75) is 25.7 Å². The van der Waals surface area contributed by atoms with E-state index in [1.807, 2.05) is 48.5 Å². The monoisotopic (exact) mass is 334 g/mol. The summed E-state index contributed by atoms with van der Waals surface area (Å²) in [5.41, 5.74) is 4.03. The van der Waals surface area contributed by atoms with E-state index in [4.69, 9.17) is 4.98 Å². The zero-order valence-electron chi connectivity index (χ0n) is 14.6. The van der Waals surface area contributed by atoms with Crippen LogP contribution in [-0.4, -0.2) is 38.4 Å². The number of amides is 1. The number of nitrogens with zero attached hydrogens (tertiary/aromatic N) is 4. The Balaban J connectivity index is 1.53. The summed E-state index contributed by atoms with van der Waals surface area (Å²) in [4.78, 5) is 23.7. The van der Waals surface area contributed by atoms with Crippen LogP contribution in [0.3, 0.4) is 0 Å². The molecule has 1 saturated heterocycles. The molecule has 0 aliphatic carbocycles. The fourth-order valence-electron chi connectivity index (χ4n) is 3.64. The van der Waals surface area contributed by atoms with Gasteiger partial charge in [-0.25, -0.2) is 4.98 Å². The Kier molecular flexibility index (Phi) is 3.99. The van der Waals surface area contributed by atoms with Gasteiger partial charge >= 0.3 is 0 Å². The molecule has 1 aliphatic heterocycles. The molecule has 2 aromatic heterocycles. The molecule has 4 rings (SSSR count). The lowest BCUT2D eigenvalue weighted by atomic mass is 10.1. The normalized spacial score (nSPS) is 17.4. The fraction of sp³-hybridized carbons (Fsp3) is 0.350. The fourth-order valence-corrected chi connectivity index (χ4v) is 3.64.